The first-order chi connectivity index (χ1) is 16.4. The molecule has 5 aromatic rings. The lowest BCUT2D eigenvalue weighted by Gasteiger charge is -2.08. The molecule has 0 atom stereocenters. The van der Waals surface area contributed by atoms with Gasteiger partial charge in [-0.25, -0.2) is 9.97 Å². The monoisotopic (exact) mass is 468 g/mol. The first-order valence-corrected chi connectivity index (χ1v) is 11.0. The molecule has 0 aliphatic heterocycles. The summed E-state index contributed by atoms with van der Waals surface area (Å²) >= 11 is 6.09. The molecule has 3 N–H and O–H groups in total. The van der Waals surface area contributed by atoms with Crippen LogP contribution in [0.3, 0.4) is 0 Å². The van der Waals surface area contributed by atoms with Crippen LogP contribution in [0.25, 0.3) is 22.2 Å². The second kappa shape index (κ2) is 8.61. The van der Waals surface area contributed by atoms with Crippen LogP contribution in [0.15, 0.2) is 71.8 Å². The number of rotatable bonds is 4. The third-order valence-corrected chi connectivity index (χ3v) is 5.87. The summed E-state index contributed by atoms with van der Waals surface area (Å²) in [4.78, 5) is 22.8. The number of aryl methyl sites for hydroxylation is 2. The number of carbonyl (C=O) groups is 1. The Labute approximate surface area is 200 Å². The molecule has 0 aliphatic carbocycles. The van der Waals surface area contributed by atoms with Crippen LogP contribution in [-0.4, -0.2) is 26.8 Å². The smallest absolute Gasteiger partial charge is 0.261 e. The van der Waals surface area contributed by atoms with E-state index >= 15 is 0 Å². The molecule has 5 rings (SSSR count). The normalized spacial score (nSPS) is 11.5. The van der Waals surface area contributed by atoms with E-state index in [1.165, 1.54) is 4.68 Å². The molecule has 3 aromatic carbocycles. The molecule has 0 unspecified atom stereocenters. The number of hydrogen-bond acceptors (Lipinski definition) is 5. The number of aromatic nitrogens is 3. The first-order valence-electron chi connectivity index (χ1n) is 10.7. The molecular weight excluding hydrogens is 448 g/mol. The van der Waals surface area contributed by atoms with Crippen molar-refractivity contribution < 1.29 is 4.79 Å². The van der Waals surface area contributed by atoms with Gasteiger partial charge in [-0.3, -0.25) is 4.79 Å². The van der Waals surface area contributed by atoms with E-state index in [-0.39, 0.29) is 17.3 Å². The van der Waals surface area contributed by atoms with E-state index in [2.05, 4.69) is 10.4 Å². The predicted octanol–water partition coefficient (Wildman–Crippen LogP) is 5.57. The summed E-state index contributed by atoms with van der Waals surface area (Å²) in [5.74, 6) is -0.239. The molecule has 0 aliphatic rings. The van der Waals surface area contributed by atoms with Gasteiger partial charge in [0.2, 0.25) is 0 Å². The minimum absolute atomic E-state index is 0.143. The molecule has 0 radical (unpaired) electrons. The number of amides is 1. The number of nitrogens with one attached hydrogen (secondary N) is 1. The number of nitrogens with two attached hydrogens (primary N) is 1. The lowest BCUT2D eigenvalue weighted by Crippen LogP contribution is -2.14. The molecule has 0 saturated heterocycles. The highest BCUT2D eigenvalue weighted by molar-refractivity contribution is 6.30. The maximum atomic E-state index is 13.4. The molecule has 2 aromatic heterocycles. The average Bonchev–Trinajstić information content (AvgIpc) is 3.08. The summed E-state index contributed by atoms with van der Waals surface area (Å²) in [6.07, 6.45) is 1.61. The van der Waals surface area contributed by atoms with E-state index in [9.17, 15) is 4.79 Å². The number of nitrogen functional groups attached to an aromatic ring is 1. The van der Waals surface area contributed by atoms with Crippen molar-refractivity contribution in [2.24, 2.45) is 5.10 Å². The summed E-state index contributed by atoms with van der Waals surface area (Å²) < 4.78 is 1.44. The minimum Gasteiger partial charge on any atom is -0.383 e. The Balaban J connectivity index is 1.65. The Morgan fingerprint density at radius 2 is 1.76 bits per heavy atom. The van der Waals surface area contributed by atoms with Gasteiger partial charge in [0, 0.05) is 10.7 Å². The second-order valence-corrected chi connectivity index (χ2v) is 8.45. The molecule has 0 bridgehead atoms. The maximum Gasteiger partial charge on any atom is 0.261 e. The van der Waals surface area contributed by atoms with E-state index < -0.39 is 0 Å². The zero-order chi connectivity index (χ0) is 23.8. The van der Waals surface area contributed by atoms with Gasteiger partial charge in [-0.05, 0) is 66.9 Å². The second-order valence-electron chi connectivity index (χ2n) is 8.01. The fourth-order valence-electron chi connectivity index (χ4n) is 3.71. The highest BCUT2D eigenvalue weighted by atomic mass is 35.5. The number of benzene rings is 3. The Morgan fingerprint density at radius 1 is 1.00 bits per heavy atom. The fraction of sp³-hybridized carbons (Fsp3) is 0.0769. The van der Waals surface area contributed by atoms with Crippen LogP contribution in [0.5, 0.6) is 0 Å². The minimum atomic E-state index is -0.382. The predicted molar refractivity (Wildman–Crippen MR) is 138 cm³/mol. The maximum absolute atomic E-state index is 13.4. The standard InChI is InChI=1S/C26H21ClN6O/c1-15-10-11-19(12-16(15)2)30-26(34)22-23-25(32-21-9-4-3-8-20(21)31-23)33(24(22)28)29-14-17-6-5-7-18(27)13-17/h3-14H,28H2,1-2H3,(H,30,34). The summed E-state index contributed by atoms with van der Waals surface area (Å²) in [7, 11) is 0. The Hall–Kier alpha value is -4.23. The summed E-state index contributed by atoms with van der Waals surface area (Å²) in [5, 5.41) is 8.04. The van der Waals surface area contributed by atoms with Crippen LogP contribution in [0, 0.1) is 13.8 Å². The molecule has 0 saturated carbocycles. The van der Waals surface area contributed by atoms with E-state index in [4.69, 9.17) is 27.3 Å². The summed E-state index contributed by atoms with van der Waals surface area (Å²) in [6, 6.07) is 20.4. The molecule has 2 heterocycles. The van der Waals surface area contributed by atoms with Crippen molar-refractivity contribution in [2.75, 3.05) is 11.1 Å². The van der Waals surface area contributed by atoms with Crippen molar-refractivity contribution in [3.05, 3.63) is 94.0 Å². The van der Waals surface area contributed by atoms with Crippen LogP contribution >= 0.6 is 11.6 Å². The first kappa shape index (κ1) is 21.6. The fourth-order valence-corrected chi connectivity index (χ4v) is 3.91. The SMILES string of the molecule is Cc1ccc(NC(=O)c2c(N)n(N=Cc3cccc(Cl)c3)c3nc4ccccc4nc23)cc1C. The van der Waals surface area contributed by atoms with Crippen LogP contribution in [0.1, 0.15) is 27.0 Å². The number of nitrogens with zero attached hydrogens (tertiary/aromatic N) is 4. The highest BCUT2D eigenvalue weighted by Gasteiger charge is 2.24. The summed E-state index contributed by atoms with van der Waals surface area (Å²) in [5.41, 5.74) is 12.4. The molecule has 8 heteroatoms. The van der Waals surface area contributed by atoms with Crippen molar-refractivity contribution in [1.29, 1.82) is 0 Å². The Bertz CT molecular complexity index is 1600. The topological polar surface area (TPSA) is 98.2 Å². The van der Waals surface area contributed by atoms with E-state index in [1.807, 2.05) is 68.4 Å². The molecule has 1 amide bonds. The van der Waals surface area contributed by atoms with Gasteiger partial charge in [0.1, 0.15) is 16.9 Å². The molecule has 0 fully saturated rings. The number of fused-ring (bicyclic) bond motifs is 2. The quantitative estimate of drug-likeness (QED) is 0.337. The van der Waals surface area contributed by atoms with Crippen LogP contribution in [0.4, 0.5) is 11.5 Å². The summed E-state index contributed by atoms with van der Waals surface area (Å²) in [6.45, 7) is 4.01. The van der Waals surface area contributed by atoms with Gasteiger partial charge >= 0.3 is 0 Å². The van der Waals surface area contributed by atoms with Crippen molar-refractivity contribution in [3.8, 4) is 0 Å². The van der Waals surface area contributed by atoms with Gasteiger partial charge in [-0.15, -0.1) is 0 Å². The number of carbonyl (C=O) groups excluding carboxylic acids is 1. The molecule has 7 nitrogen and oxygen atoms in total. The van der Waals surface area contributed by atoms with E-state index in [0.29, 0.717) is 32.9 Å². The highest BCUT2D eigenvalue weighted by Crippen LogP contribution is 2.29. The molecule has 168 valence electrons. The zero-order valence-corrected chi connectivity index (χ0v) is 19.3. The lowest BCUT2D eigenvalue weighted by atomic mass is 10.1. The lowest BCUT2D eigenvalue weighted by molar-refractivity contribution is 0.102. The third-order valence-electron chi connectivity index (χ3n) is 5.64. The van der Waals surface area contributed by atoms with Crippen LogP contribution < -0.4 is 11.1 Å². The van der Waals surface area contributed by atoms with Crippen LogP contribution in [-0.2, 0) is 0 Å². The number of para-hydroxylation sites is 2. The molecular formula is C26H21ClN6O. The van der Waals surface area contributed by atoms with Crippen molar-refractivity contribution in [3.63, 3.8) is 0 Å². The van der Waals surface area contributed by atoms with Gasteiger partial charge in [-0.2, -0.15) is 9.78 Å². The van der Waals surface area contributed by atoms with E-state index in [0.717, 1.165) is 16.7 Å². The average molecular weight is 469 g/mol. The Morgan fingerprint density at radius 3 is 2.50 bits per heavy atom. The zero-order valence-electron chi connectivity index (χ0n) is 18.6. The molecule has 0 spiro atoms. The van der Waals surface area contributed by atoms with Crippen molar-refractivity contribution in [2.45, 2.75) is 13.8 Å². The van der Waals surface area contributed by atoms with Gasteiger partial charge in [0.15, 0.2) is 5.65 Å². The number of halogens is 1. The van der Waals surface area contributed by atoms with Crippen LogP contribution in [0.2, 0.25) is 5.02 Å². The number of anilines is 2. The van der Waals surface area contributed by atoms with E-state index in [1.54, 1.807) is 18.3 Å². The van der Waals surface area contributed by atoms with Gasteiger partial charge in [0.25, 0.3) is 5.91 Å². The van der Waals surface area contributed by atoms with Crippen molar-refractivity contribution in [1.82, 2.24) is 14.6 Å². The Kier molecular flexibility index (Phi) is 5.47. The molecule has 34 heavy (non-hydrogen) atoms. The number of hydrogen-bond donors (Lipinski definition) is 2. The van der Waals surface area contributed by atoms with Gasteiger partial charge < -0.3 is 11.1 Å². The third kappa shape index (κ3) is 3.97. The van der Waals surface area contributed by atoms with Crippen molar-refractivity contribution >= 4 is 57.4 Å². The largest absolute Gasteiger partial charge is 0.383 e. The van der Waals surface area contributed by atoms with Gasteiger partial charge in [-0.1, -0.05) is 41.9 Å². The van der Waals surface area contributed by atoms with Gasteiger partial charge in [0.05, 0.1) is 17.2 Å².